The average molecular weight is 343 g/mol. The number of aromatic nitrogens is 2. The molecule has 0 unspecified atom stereocenters. The third-order valence-corrected chi connectivity index (χ3v) is 4.35. The number of benzene rings is 1. The minimum atomic E-state index is -0.849. The van der Waals surface area contributed by atoms with Crippen LogP contribution in [0.15, 0.2) is 24.3 Å². The molecule has 0 fully saturated rings. The van der Waals surface area contributed by atoms with E-state index < -0.39 is 18.1 Å². The first-order valence-electron chi connectivity index (χ1n) is 8.23. The highest BCUT2D eigenvalue weighted by Crippen LogP contribution is 2.24. The molecule has 2 aromatic rings. The molecule has 134 valence electrons. The summed E-state index contributed by atoms with van der Waals surface area (Å²) in [7, 11) is 1.32. The summed E-state index contributed by atoms with van der Waals surface area (Å²) in [6, 6.07) is 6.27. The lowest BCUT2D eigenvalue weighted by Crippen LogP contribution is -2.39. The predicted molar refractivity (Wildman–Crippen MR) is 95.2 cm³/mol. The summed E-state index contributed by atoms with van der Waals surface area (Å²) in [6.07, 6.45) is 0. The van der Waals surface area contributed by atoms with Crippen molar-refractivity contribution in [3.8, 4) is 0 Å². The Labute approximate surface area is 148 Å². The molecule has 0 saturated heterocycles. The van der Waals surface area contributed by atoms with Gasteiger partial charge >= 0.3 is 5.97 Å². The van der Waals surface area contributed by atoms with Gasteiger partial charge in [0.2, 0.25) is 5.91 Å². The number of carbonyl (C=O) groups is 2. The van der Waals surface area contributed by atoms with Gasteiger partial charge < -0.3 is 10.1 Å². The minimum absolute atomic E-state index is 0.288. The summed E-state index contributed by atoms with van der Waals surface area (Å²) in [5.74, 6) is -0.782. The number of hydrogen-bond acceptors (Lipinski definition) is 4. The number of ether oxygens (including phenoxy) is 1. The molecule has 2 rings (SSSR count). The van der Waals surface area contributed by atoms with Crippen molar-refractivity contribution in [2.24, 2.45) is 0 Å². The van der Waals surface area contributed by atoms with Gasteiger partial charge in [0.25, 0.3) is 0 Å². The van der Waals surface area contributed by atoms with Crippen LogP contribution in [0.5, 0.6) is 0 Å². The fourth-order valence-electron chi connectivity index (χ4n) is 3.06. The van der Waals surface area contributed by atoms with Gasteiger partial charge in [-0.25, -0.2) is 4.79 Å². The lowest BCUT2D eigenvalue weighted by Gasteiger charge is -2.23. The number of aryl methyl sites for hydroxylation is 4. The Morgan fingerprint density at radius 2 is 1.76 bits per heavy atom. The van der Waals surface area contributed by atoms with Crippen molar-refractivity contribution in [3.05, 3.63) is 52.3 Å². The van der Waals surface area contributed by atoms with E-state index in [-0.39, 0.29) is 5.91 Å². The standard InChI is InChI=1S/C19H25N3O3/c1-11-8-7-9-12(2)16(11)17(19(24)25-6)20-18(23)15(5)22-14(4)10-13(3)21-22/h7-10,15,17H,1-6H3,(H,20,23)/t15-,17-/m0/s1. The van der Waals surface area contributed by atoms with Crippen LogP contribution in [0.1, 0.15) is 47.1 Å². The summed E-state index contributed by atoms with van der Waals surface area (Å²) >= 11 is 0. The molecule has 0 radical (unpaired) electrons. The van der Waals surface area contributed by atoms with E-state index in [0.29, 0.717) is 0 Å². The van der Waals surface area contributed by atoms with E-state index in [0.717, 1.165) is 28.1 Å². The molecule has 1 N–H and O–H groups in total. The van der Waals surface area contributed by atoms with Gasteiger partial charge in [-0.2, -0.15) is 5.10 Å². The molecule has 1 aromatic heterocycles. The molecule has 0 spiro atoms. The first-order valence-corrected chi connectivity index (χ1v) is 8.23. The van der Waals surface area contributed by atoms with Gasteiger partial charge in [-0.05, 0) is 57.4 Å². The normalized spacial score (nSPS) is 13.2. The molecule has 1 heterocycles. The molecule has 6 nitrogen and oxygen atoms in total. The Bertz CT molecular complexity index is 775. The smallest absolute Gasteiger partial charge is 0.333 e. The maximum Gasteiger partial charge on any atom is 0.333 e. The second-order valence-electron chi connectivity index (χ2n) is 6.32. The van der Waals surface area contributed by atoms with Gasteiger partial charge in [0.15, 0.2) is 6.04 Å². The summed E-state index contributed by atoms with van der Waals surface area (Å²) in [6.45, 7) is 9.35. The Hall–Kier alpha value is -2.63. The lowest BCUT2D eigenvalue weighted by molar-refractivity contribution is -0.145. The van der Waals surface area contributed by atoms with Gasteiger partial charge in [0, 0.05) is 5.69 Å². The van der Waals surface area contributed by atoms with Gasteiger partial charge in [0.05, 0.1) is 12.8 Å². The number of rotatable bonds is 5. The van der Waals surface area contributed by atoms with Crippen molar-refractivity contribution < 1.29 is 14.3 Å². The molecule has 0 aliphatic carbocycles. The molecule has 0 aliphatic rings. The maximum atomic E-state index is 12.8. The van der Waals surface area contributed by atoms with Gasteiger partial charge in [-0.15, -0.1) is 0 Å². The number of nitrogens with zero attached hydrogens (tertiary/aromatic N) is 2. The predicted octanol–water partition coefficient (Wildman–Crippen LogP) is 2.71. The van der Waals surface area contributed by atoms with Gasteiger partial charge in [-0.3, -0.25) is 9.48 Å². The average Bonchev–Trinajstić information content (AvgIpc) is 2.90. The minimum Gasteiger partial charge on any atom is -0.467 e. The van der Waals surface area contributed by atoms with Crippen LogP contribution in [0, 0.1) is 27.7 Å². The zero-order valence-corrected chi connectivity index (χ0v) is 15.6. The van der Waals surface area contributed by atoms with Crippen LogP contribution < -0.4 is 5.32 Å². The molecule has 1 amide bonds. The van der Waals surface area contributed by atoms with Crippen molar-refractivity contribution >= 4 is 11.9 Å². The van der Waals surface area contributed by atoms with Crippen LogP contribution in [0.3, 0.4) is 0 Å². The van der Waals surface area contributed by atoms with E-state index in [1.807, 2.05) is 52.0 Å². The maximum absolute atomic E-state index is 12.8. The first kappa shape index (κ1) is 18.7. The third-order valence-electron chi connectivity index (χ3n) is 4.35. The molecule has 1 aromatic carbocycles. The van der Waals surface area contributed by atoms with Crippen molar-refractivity contribution in [1.29, 1.82) is 0 Å². The fraction of sp³-hybridized carbons (Fsp3) is 0.421. The van der Waals surface area contributed by atoms with E-state index in [1.165, 1.54) is 7.11 Å². The zero-order chi connectivity index (χ0) is 18.7. The highest BCUT2D eigenvalue weighted by atomic mass is 16.5. The number of carbonyl (C=O) groups excluding carboxylic acids is 2. The van der Waals surface area contributed by atoms with E-state index in [2.05, 4.69) is 10.4 Å². The number of nitrogens with one attached hydrogen (secondary N) is 1. The fourth-order valence-corrected chi connectivity index (χ4v) is 3.06. The molecular formula is C19H25N3O3. The van der Waals surface area contributed by atoms with Gasteiger partial charge in [-0.1, -0.05) is 18.2 Å². The zero-order valence-electron chi connectivity index (χ0n) is 15.6. The lowest BCUT2D eigenvalue weighted by atomic mass is 9.96. The van der Waals surface area contributed by atoms with Crippen molar-refractivity contribution in [1.82, 2.24) is 15.1 Å². The van der Waals surface area contributed by atoms with Crippen LogP contribution in [0.2, 0.25) is 0 Å². The second kappa shape index (κ2) is 7.51. The Kier molecular flexibility index (Phi) is 5.62. The van der Waals surface area contributed by atoms with Crippen LogP contribution in [0.25, 0.3) is 0 Å². The van der Waals surface area contributed by atoms with E-state index in [9.17, 15) is 9.59 Å². The van der Waals surface area contributed by atoms with Crippen molar-refractivity contribution in [3.63, 3.8) is 0 Å². The molecule has 25 heavy (non-hydrogen) atoms. The SMILES string of the molecule is COC(=O)[C@@H](NC(=O)[C@H](C)n1nc(C)cc1C)c1c(C)cccc1C. The highest BCUT2D eigenvalue weighted by Gasteiger charge is 2.29. The second-order valence-corrected chi connectivity index (χ2v) is 6.32. The van der Waals surface area contributed by atoms with E-state index in [1.54, 1.807) is 11.6 Å². The van der Waals surface area contributed by atoms with Crippen LogP contribution in [-0.2, 0) is 14.3 Å². The van der Waals surface area contributed by atoms with Crippen LogP contribution in [-0.4, -0.2) is 28.8 Å². The quantitative estimate of drug-likeness (QED) is 0.847. The Morgan fingerprint density at radius 3 is 2.24 bits per heavy atom. The summed E-state index contributed by atoms with van der Waals surface area (Å²) in [4.78, 5) is 25.1. The van der Waals surface area contributed by atoms with Crippen molar-refractivity contribution in [2.75, 3.05) is 7.11 Å². The number of amides is 1. The molecule has 6 heteroatoms. The number of hydrogen-bond donors (Lipinski definition) is 1. The summed E-state index contributed by atoms with van der Waals surface area (Å²) in [5.41, 5.74) is 4.35. The highest BCUT2D eigenvalue weighted by molar-refractivity contribution is 5.87. The van der Waals surface area contributed by atoms with Crippen molar-refractivity contribution in [2.45, 2.75) is 46.7 Å². The number of esters is 1. The topological polar surface area (TPSA) is 73.2 Å². The molecule has 0 saturated carbocycles. The Balaban J connectivity index is 2.33. The summed E-state index contributed by atoms with van der Waals surface area (Å²) in [5, 5.41) is 7.18. The largest absolute Gasteiger partial charge is 0.467 e. The number of methoxy groups -OCH3 is 1. The van der Waals surface area contributed by atoms with E-state index >= 15 is 0 Å². The first-order chi connectivity index (χ1) is 11.8. The third kappa shape index (κ3) is 3.90. The molecular weight excluding hydrogens is 318 g/mol. The Morgan fingerprint density at radius 1 is 1.16 bits per heavy atom. The van der Waals surface area contributed by atoms with Gasteiger partial charge in [0.1, 0.15) is 6.04 Å². The summed E-state index contributed by atoms with van der Waals surface area (Å²) < 4.78 is 6.57. The molecule has 2 atom stereocenters. The molecule has 0 aliphatic heterocycles. The molecule has 0 bridgehead atoms. The van der Waals surface area contributed by atoms with Crippen LogP contribution >= 0.6 is 0 Å². The van der Waals surface area contributed by atoms with E-state index in [4.69, 9.17) is 4.74 Å². The van der Waals surface area contributed by atoms with Crippen LogP contribution in [0.4, 0.5) is 0 Å². The monoisotopic (exact) mass is 343 g/mol.